The molecule has 0 aliphatic rings. The van der Waals surface area contributed by atoms with Crippen molar-refractivity contribution < 1.29 is 9.59 Å². The molecule has 0 radical (unpaired) electrons. The van der Waals surface area contributed by atoms with Gasteiger partial charge in [-0.15, -0.1) is 0 Å². The summed E-state index contributed by atoms with van der Waals surface area (Å²) < 4.78 is 0. The molecular formula is C14H22N4O2. The SMILES string of the molecule is CCN(CC)C(=O)CN(C)c1cccc(C(N)=O)c1N. The van der Waals surface area contributed by atoms with Crippen molar-refractivity contribution in [2.75, 3.05) is 37.3 Å². The first-order valence-corrected chi connectivity index (χ1v) is 6.59. The number of primary amides is 1. The molecule has 1 rings (SSSR count). The van der Waals surface area contributed by atoms with Gasteiger partial charge in [-0.1, -0.05) is 6.07 Å². The predicted molar refractivity (Wildman–Crippen MR) is 80.6 cm³/mol. The number of amides is 2. The van der Waals surface area contributed by atoms with Crippen LogP contribution < -0.4 is 16.4 Å². The highest BCUT2D eigenvalue weighted by Gasteiger charge is 2.16. The fourth-order valence-electron chi connectivity index (χ4n) is 2.07. The Morgan fingerprint density at radius 3 is 2.30 bits per heavy atom. The first kappa shape index (κ1) is 15.8. The molecule has 1 aromatic rings. The van der Waals surface area contributed by atoms with Gasteiger partial charge in [-0.25, -0.2) is 0 Å². The summed E-state index contributed by atoms with van der Waals surface area (Å²) in [6.45, 7) is 5.40. The van der Waals surface area contributed by atoms with Gasteiger partial charge >= 0.3 is 0 Å². The van der Waals surface area contributed by atoms with Gasteiger partial charge < -0.3 is 21.3 Å². The molecule has 0 aliphatic carbocycles. The molecule has 0 aliphatic heterocycles. The van der Waals surface area contributed by atoms with E-state index in [-0.39, 0.29) is 18.0 Å². The van der Waals surface area contributed by atoms with E-state index in [1.54, 1.807) is 35.0 Å². The summed E-state index contributed by atoms with van der Waals surface area (Å²) in [4.78, 5) is 26.8. The number of nitrogens with two attached hydrogens (primary N) is 2. The maximum Gasteiger partial charge on any atom is 0.250 e. The Morgan fingerprint density at radius 2 is 1.80 bits per heavy atom. The smallest absolute Gasteiger partial charge is 0.250 e. The third-order valence-corrected chi connectivity index (χ3v) is 3.25. The molecule has 2 amide bonds. The molecule has 0 unspecified atom stereocenters. The fraction of sp³-hybridized carbons (Fsp3) is 0.429. The number of carbonyl (C=O) groups is 2. The predicted octanol–water partition coefficient (Wildman–Crippen LogP) is 0.672. The number of para-hydroxylation sites is 1. The summed E-state index contributed by atoms with van der Waals surface area (Å²) in [6.07, 6.45) is 0. The van der Waals surface area contributed by atoms with Crippen LogP contribution in [0.4, 0.5) is 11.4 Å². The Bertz CT molecular complexity index is 498. The minimum absolute atomic E-state index is 0.0152. The Kier molecular flexibility index (Phi) is 5.37. The first-order chi connectivity index (χ1) is 9.42. The highest BCUT2D eigenvalue weighted by Crippen LogP contribution is 2.25. The lowest BCUT2D eigenvalue weighted by atomic mass is 10.1. The van der Waals surface area contributed by atoms with Crippen molar-refractivity contribution in [1.82, 2.24) is 4.90 Å². The maximum atomic E-state index is 12.1. The number of anilines is 2. The molecule has 0 fully saturated rings. The molecule has 0 atom stereocenters. The summed E-state index contributed by atoms with van der Waals surface area (Å²) in [5, 5.41) is 0. The Morgan fingerprint density at radius 1 is 1.20 bits per heavy atom. The van der Waals surface area contributed by atoms with Crippen molar-refractivity contribution in [2.24, 2.45) is 5.73 Å². The average Bonchev–Trinajstić information content (AvgIpc) is 2.39. The van der Waals surface area contributed by atoms with E-state index < -0.39 is 5.91 Å². The van der Waals surface area contributed by atoms with E-state index in [9.17, 15) is 9.59 Å². The normalized spacial score (nSPS) is 10.2. The molecule has 6 heteroatoms. The van der Waals surface area contributed by atoms with Gasteiger partial charge in [-0.2, -0.15) is 0 Å². The zero-order valence-electron chi connectivity index (χ0n) is 12.2. The van der Waals surface area contributed by atoms with Crippen molar-refractivity contribution in [2.45, 2.75) is 13.8 Å². The highest BCUT2D eigenvalue weighted by atomic mass is 16.2. The third-order valence-electron chi connectivity index (χ3n) is 3.25. The minimum atomic E-state index is -0.576. The van der Waals surface area contributed by atoms with Gasteiger partial charge in [0.2, 0.25) is 5.91 Å². The average molecular weight is 278 g/mol. The Hall–Kier alpha value is -2.24. The summed E-state index contributed by atoms with van der Waals surface area (Å²) in [7, 11) is 1.76. The van der Waals surface area contributed by atoms with Crippen LogP contribution in [0.1, 0.15) is 24.2 Å². The summed E-state index contributed by atoms with van der Waals surface area (Å²) in [5.41, 5.74) is 12.4. The number of benzene rings is 1. The lowest BCUT2D eigenvalue weighted by Gasteiger charge is -2.25. The summed E-state index contributed by atoms with van der Waals surface area (Å²) in [5.74, 6) is -0.561. The lowest BCUT2D eigenvalue weighted by Crippen LogP contribution is -2.39. The second-order valence-electron chi connectivity index (χ2n) is 4.52. The molecule has 0 saturated heterocycles. The van der Waals surface area contributed by atoms with E-state index in [1.165, 1.54) is 0 Å². The third kappa shape index (κ3) is 3.40. The van der Waals surface area contributed by atoms with Gasteiger partial charge in [0.1, 0.15) is 0 Å². The Balaban J connectivity index is 2.93. The van der Waals surface area contributed by atoms with Gasteiger partial charge in [0, 0.05) is 20.1 Å². The molecule has 0 saturated carbocycles. The molecule has 6 nitrogen and oxygen atoms in total. The van der Waals surface area contributed by atoms with Crippen LogP contribution in [0.3, 0.4) is 0 Å². The number of likely N-dealkylation sites (N-methyl/N-ethyl adjacent to an activating group) is 2. The quantitative estimate of drug-likeness (QED) is 0.748. The molecule has 0 bridgehead atoms. The summed E-state index contributed by atoms with van der Waals surface area (Å²) in [6, 6.07) is 5.03. The zero-order valence-corrected chi connectivity index (χ0v) is 12.2. The van der Waals surface area contributed by atoms with Crippen molar-refractivity contribution in [3.8, 4) is 0 Å². The van der Waals surface area contributed by atoms with Crippen molar-refractivity contribution in [3.63, 3.8) is 0 Å². The standard InChI is InChI=1S/C14H22N4O2/c1-4-18(5-2)12(19)9-17(3)11-8-6-7-10(13(11)15)14(16)20/h6-8H,4-5,9,15H2,1-3H3,(H2,16,20). The number of carbonyl (C=O) groups excluding carboxylic acids is 2. The van der Waals surface area contributed by atoms with Crippen LogP contribution in [-0.2, 0) is 4.79 Å². The Labute approximate surface area is 119 Å². The number of nitrogens with zero attached hydrogens (tertiary/aromatic N) is 2. The molecule has 4 N–H and O–H groups in total. The van der Waals surface area contributed by atoms with Gasteiger partial charge in [0.05, 0.1) is 23.5 Å². The minimum Gasteiger partial charge on any atom is -0.396 e. The molecule has 0 aromatic heterocycles. The van der Waals surface area contributed by atoms with Crippen molar-refractivity contribution >= 4 is 23.2 Å². The number of hydrogen-bond acceptors (Lipinski definition) is 4. The van der Waals surface area contributed by atoms with Crippen LogP contribution >= 0.6 is 0 Å². The second kappa shape index (κ2) is 6.79. The topological polar surface area (TPSA) is 92.7 Å². The molecule has 0 spiro atoms. The zero-order chi connectivity index (χ0) is 15.3. The number of nitrogen functional groups attached to an aromatic ring is 1. The largest absolute Gasteiger partial charge is 0.396 e. The van der Waals surface area contributed by atoms with Crippen LogP contribution in [0, 0.1) is 0 Å². The van der Waals surface area contributed by atoms with Crippen LogP contribution in [0.2, 0.25) is 0 Å². The first-order valence-electron chi connectivity index (χ1n) is 6.59. The van der Waals surface area contributed by atoms with Crippen LogP contribution in [0.5, 0.6) is 0 Å². The van der Waals surface area contributed by atoms with E-state index in [1.807, 2.05) is 13.8 Å². The van der Waals surface area contributed by atoms with Gasteiger partial charge in [0.25, 0.3) is 5.91 Å². The van der Waals surface area contributed by atoms with E-state index in [0.29, 0.717) is 24.5 Å². The van der Waals surface area contributed by atoms with Crippen molar-refractivity contribution in [1.29, 1.82) is 0 Å². The van der Waals surface area contributed by atoms with E-state index in [2.05, 4.69) is 0 Å². The molecule has 110 valence electrons. The summed E-state index contributed by atoms with van der Waals surface area (Å²) >= 11 is 0. The van der Waals surface area contributed by atoms with Crippen LogP contribution in [-0.4, -0.2) is 43.4 Å². The monoisotopic (exact) mass is 278 g/mol. The lowest BCUT2D eigenvalue weighted by molar-refractivity contribution is -0.129. The van der Waals surface area contributed by atoms with Crippen LogP contribution in [0.15, 0.2) is 18.2 Å². The van der Waals surface area contributed by atoms with E-state index in [0.717, 1.165) is 0 Å². The molecular weight excluding hydrogens is 256 g/mol. The second-order valence-corrected chi connectivity index (χ2v) is 4.52. The number of rotatable bonds is 6. The van der Waals surface area contributed by atoms with Gasteiger partial charge in [-0.05, 0) is 26.0 Å². The number of hydrogen-bond donors (Lipinski definition) is 2. The van der Waals surface area contributed by atoms with Gasteiger partial charge in [-0.3, -0.25) is 9.59 Å². The maximum absolute atomic E-state index is 12.1. The van der Waals surface area contributed by atoms with E-state index in [4.69, 9.17) is 11.5 Å². The van der Waals surface area contributed by atoms with Crippen LogP contribution in [0.25, 0.3) is 0 Å². The molecule has 20 heavy (non-hydrogen) atoms. The molecule has 1 aromatic carbocycles. The van der Waals surface area contributed by atoms with Gasteiger partial charge in [0.15, 0.2) is 0 Å². The van der Waals surface area contributed by atoms with Crippen molar-refractivity contribution in [3.05, 3.63) is 23.8 Å². The fourth-order valence-corrected chi connectivity index (χ4v) is 2.07. The molecule has 0 heterocycles. The highest BCUT2D eigenvalue weighted by molar-refractivity contribution is 6.01. The van der Waals surface area contributed by atoms with E-state index >= 15 is 0 Å².